The molecule has 2 saturated heterocycles. The van der Waals surface area contributed by atoms with Crippen molar-refractivity contribution in [3.63, 3.8) is 0 Å². The highest BCUT2D eigenvalue weighted by atomic mass is 16.2. The smallest absolute Gasteiger partial charge is 0.266 e. The molecular weight excluding hydrogens is 328 g/mol. The molecule has 0 N–H and O–H groups in total. The third-order valence-corrected chi connectivity index (χ3v) is 6.27. The van der Waals surface area contributed by atoms with E-state index in [-0.39, 0.29) is 11.5 Å². The Morgan fingerprint density at radius 3 is 2.42 bits per heavy atom. The molecule has 0 bridgehead atoms. The second-order valence-electron chi connectivity index (χ2n) is 8.42. The van der Waals surface area contributed by atoms with Gasteiger partial charge >= 0.3 is 0 Å². The lowest BCUT2D eigenvalue weighted by molar-refractivity contribution is -0.127. The van der Waals surface area contributed by atoms with E-state index >= 15 is 0 Å². The molecule has 1 unspecified atom stereocenters. The van der Waals surface area contributed by atoms with E-state index in [0.717, 1.165) is 64.2 Å². The van der Waals surface area contributed by atoms with Crippen LogP contribution in [0.15, 0.2) is 16.9 Å². The number of amides is 1. The van der Waals surface area contributed by atoms with Gasteiger partial charge in [-0.3, -0.25) is 9.59 Å². The van der Waals surface area contributed by atoms with Crippen LogP contribution in [0.1, 0.15) is 50.6 Å². The molecule has 3 heterocycles. The number of aromatic nitrogens is 2. The normalized spacial score (nSPS) is 25.0. The number of piperidine rings is 1. The number of nitrogens with zero attached hydrogens (tertiary/aromatic N) is 4. The molecule has 1 amide bonds. The quantitative estimate of drug-likeness (QED) is 0.804. The van der Waals surface area contributed by atoms with Gasteiger partial charge in [0.2, 0.25) is 5.91 Å². The summed E-state index contributed by atoms with van der Waals surface area (Å²) >= 11 is 0. The minimum atomic E-state index is 0.0344. The van der Waals surface area contributed by atoms with Crippen LogP contribution in [0.25, 0.3) is 0 Å². The number of rotatable bonds is 5. The second-order valence-corrected chi connectivity index (χ2v) is 8.42. The first kappa shape index (κ1) is 17.7. The van der Waals surface area contributed by atoms with Gasteiger partial charge in [-0.25, -0.2) is 4.68 Å². The zero-order valence-corrected chi connectivity index (χ0v) is 15.8. The van der Waals surface area contributed by atoms with Gasteiger partial charge in [-0.1, -0.05) is 0 Å². The highest BCUT2D eigenvalue weighted by Gasteiger charge is 2.29. The van der Waals surface area contributed by atoms with Gasteiger partial charge in [-0.15, -0.1) is 0 Å². The second kappa shape index (κ2) is 7.51. The molecule has 4 rings (SSSR count). The first-order valence-corrected chi connectivity index (χ1v) is 10.1. The molecule has 0 radical (unpaired) electrons. The summed E-state index contributed by atoms with van der Waals surface area (Å²) in [4.78, 5) is 28.1. The fourth-order valence-electron chi connectivity index (χ4n) is 4.42. The average Bonchev–Trinajstić information content (AvgIpc) is 3.37. The van der Waals surface area contributed by atoms with Crippen molar-refractivity contribution in [3.8, 4) is 0 Å². The Bertz CT molecular complexity index is 704. The fraction of sp³-hybridized carbons (Fsp3) is 0.750. The predicted molar refractivity (Wildman–Crippen MR) is 100.0 cm³/mol. The van der Waals surface area contributed by atoms with Crippen molar-refractivity contribution in [3.05, 3.63) is 28.2 Å². The Hall–Kier alpha value is -1.69. The van der Waals surface area contributed by atoms with Crippen molar-refractivity contribution in [1.82, 2.24) is 19.6 Å². The molecule has 2 aliphatic heterocycles. The summed E-state index contributed by atoms with van der Waals surface area (Å²) in [6, 6.07) is 3.60. The van der Waals surface area contributed by atoms with Crippen LogP contribution in [-0.2, 0) is 11.3 Å². The van der Waals surface area contributed by atoms with Gasteiger partial charge in [0.1, 0.15) is 0 Å². The zero-order valence-electron chi connectivity index (χ0n) is 15.8. The summed E-state index contributed by atoms with van der Waals surface area (Å²) in [6.07, 6.45) is 5.82. The summed E-state index contributed by atoms with van der Waals surface area (Å²) < 4.78 is 1.70. The molecule has 6 heteroatoms. The minimum Gasteiger partial charge on any atom is -0.343 e. The van der Waals surface area contributed by atoms with Crippen LogP contribution in [-0.4, -0.2) is 58.2 Å². The molecule has 1 saturated carbocycles. The molecular formula is C20H30N4O2. The number of hydrogen-bond acceptors (Lipinski definition) is 4. The van der Waals surface area contributed by atoms with Crippen LogP contribution < -0.4 is 5.56 Å². The summed E-state index contributed by atoms with van der Waals surface area (Å²) in [7, 11) is 0. The highest BCUT2D eigenvalue weighted by molar-refractivity contribution is 5.73. The van der Waals surface area contributed by atoms with E-state index in [4.69, 9.17) is 0 Å². The maximum absolute atomic E-state index is 12.1. The van der Waals surface area contributed by atoms with Gasteiger partial charge in [-0.2, -0.15) is 5.10 Å². The molecule has 26 heavy (non-hydrogen) atoms. The predicted octanol–water partition coefficient (Wildman–Crippen LogP) is 1.70. The largest absolute Gasteiger partial charge is 0.343 e. The van der Waals surface area contributed by atoms with E-state index in [1.807, 2.05) is 11.0 Å². The highest BCUT2D eigenvalue weighted by Crippen LogP contribution is 2.38. The Kier molecular flexibility index (Phi) is 5.11. The van der Waals surface area contributed by atoms with Gasteiger partial charge in [-0.05, 0) is 63.1 Å². The van der Waals surface area contributed by atoms with Crippen molar-refractivity contribution in [2.45, 2.75) is 51.5 Å². The molecule has 1 aromatic heterocycles. The standard InChI is InChI=1S/C20H30N4O2/c1-15(25)23-11-8-17(13-23)12-22-9-6-16(7-10-22)14-24-20(26)5-4-19(21-24)18-2-3-18/h4-5,16-18H,2-3,6-14H2,1H3. The lowest BCUT2D eigenvalue weighted by Crippen LogP contribution is -2.40. The van der Waals surface area contributed by atoms with E-state index in [9.17, 15) is 9.59 Å². The van der Waals surface area contributed by atoms with Gasteiger partial charge in [0.25, 0.3) is 5.56 Å². The summed E-state index contributed by atoms with van der Waals surface area (Å²) in [5, 5.41) is 4.61. The summed E-state index contributed by atoms with van der Waals surface area (Å²) in [5.41, 5.74) is 1.13. The number of carbonyl (C=O) groups excluding carboxylic acids is 1. The Morgan fingerprint density at radius 2 is 1.77 bits per heavy atom. The molecule has 1 atom stereocenters. The van der Waals surface area contributed by atoms with E-state index in [0.29, 0.717) is 17.8 Å². The minimum absolute atomic E-state index is 0.0344. The fourth-order valence-corrected chi connectivity index (χ4v) is 4.42. The van der Waals surface area contributed by atoms with Crippen molar-refractivity contribution in [2.75, 3.05) is 32.7 Å². The van der Waals surface area contributed by atoms with Crippen LogP contribution >= 0.6 is 0 Å². The monoisotopic (exact) mass is 358 g/mol. The van der Waals surface area contributed by atoms with Crippen LogP contribution in [0.3, 0.4) is 0 Å². The zero-order chi connectivity index (χ0) is 18.1. The van der Waals surface area contributed by atoms with Crippen molar-refractivity contribution in [2.24, 2.45) is 11.8 Å². The van der Waals surface area contributed by atoms with Crippen LogP contribution in [0, 0.1) is 11.8 Å². The van der Waals surface area contributed by atoms with E-state index in [2.05, 4.69) is 10.00 Å². The summed E-state index contributed by atoms with van der Waals surface area (Å²) in [5.74, 6) is 1.96. The molecule has 1 aromatic rings. The van der Waals surface area contributed by atoms with Gasteiger partial charge in [0.15, 0.2) is 0 Å². The van der Waals surface area contributed by atoms with Crippen molar-refractivity contribution < 1.29 is 4.79 Å². The maximum Gasteiger partial charge on any atom is 0.266 e. The Labute approximate surface area is 155 Å². The van der Waals surface area contributed by atoms with E-state index in [1.54, 1.807) is 17.7 Å². The SMILES string of the molecule is CC(=O)N1CCC(CN2CCC(Cn3nc(C4CC4)ccc3=O)CC2)C1. The molecule has 0 aromatic carbocycles. The third kappa shape index (κ3) is 4.17. The lowest BCUT2D eigenvalue weighted by Gasteiger charge is -2.33. The third-order valence-electron chi connectivity index (χ3n) is 6.27. The average molecular weight is 358 g/mol. The van der Waals surface area contributed by atoms with E-state index in [1.165, 1.54) is 12.8 Å². The van der Waals surface area contributed by atoms with Gasteiger partial charge < -0.3 is 9.80 Å². The topological polar surface area (TPSA) is 58.4 Å². The van der Waals surface area contributed by atoms with Gasteiger partial charge in [0, 0.05) is 45.1 Å². The Balaban J connectivity index is 1.26. The molecule has 1 aliphatic carbocycles. The van der Waals surface area contributed by atoms with Crippen LogP contribution in [0.4, 0.5) is 0 Å². The number of carbonyl (C=O) groups is 1. The number of likely N-dealkylation sites (tertiary alicyclic amines) is 2. The first-order valence-electron chi connectivity index (χ1n) is 10.1. The lowest BCUT2D eigenvalue weighted by atomic mass is 9.95. The van der Waals surface area contributed by atoms with Gasteiger partial charge in [0.05, 0.1) is 5.69 Å². The van der Waals surface area contributed by atoms with Crippen LogP contribution in [0.5, 0.6) is 0 Å². The molecule has 142 valence electrons. The Morgan fingerprint density at radius 1 is 1.04 bits per heavy atom. The molecule has 0 spiro atoms. The molecule has 6 nitrogen and oxygen atoms in total. The summed E-state index contributed by atoms with van der Waals surface area (Å²) in [6.45, 7) is 7.56. The van der Waals surface area contributed by atoms with E-state index < -0.39 is 0 Å². The molecule has 3 aliphatic rings. The maximum atomic E-state index is 12.1. The van der Waals surface area contributed by atoms with Crippen LogP contribution in [0.2, 0.25) is 0 Å². The first-order chi connectivity index (χ1) is 12.6. The van der Waals surface area contributed by atoms with Crippen molar-refractivity contribution in [1.29, 1.82) is 0 Å². The van der Waals surface area contributed by atoms with Crippen molar-refractivity contribution >= 4 is 5.91 Å². The number of hydrogen-bond donors (Lipinski definition) is 0. The molecule has 3 fully saturated rings.